The molecular formula is C12H17N3O4. The summed E-state index contributed by atoms with van der Waals surface area (Å²) >= 11 is 0. The highest BCUT2D eigenvalue weighted by Crippen LogP contribution is 2.14. The second kappa shape index (κ2) is 5.29. The Morgan fingerprint density at radius 3 is 2.84 bits per heavy atom. The van der Waals surface area contributed by atoms with Crippen LogP contribution in [0.3, 0.4) is 0 Å². The molecule has 0 unspecified atom stereocenters. The van der Waals surface area contributed by atoms with Crippen LogP contribution in [-0.4, -0.2) is 44.8 Å². The molecule has 1 amide bonds. The molecule has 1 N–H and O–H groups in total. The van der Waals surface area contributed by atoms with E-state index in [2.05, 4.69) is 4.98 Å². The van der Waals surface area contributed by atoms with Gasteiger partial charge in [-0.25, -0.2) is 14.6 Å². The van der Waals surface area contributed by atoms with E-state index in [1.54, 1.807) is 4.57 Å². The minimum absolute atomic E-state index is 0.00685. The third-order valence-electron chi connectivity index (χ3n) is 2.82. The molecule has 0 spiro atoms. The normalized spacial score (nSPS) is 14.4. The maximum atomic E-state index is 11.8. The van der Waals surface area contributed by atoms with Crippen molar-refractivity contribution in [1.29, 1.82) is 0 Å². The Labute approximate surface area is 110 Å². The summed E-state index contributed by atoms with van der Waals surface area (Å²) in [7, 11) is 0. The zero-order valence-corrected chi connectivity index (χ0v) is 11.0. The second-order valence-electron chi connectivity index (χ2n) is 4.93. The molecule has 0 bridgehead atoms. The molecule has 2 rings (SSSR count). The van der Waals surface area contributed by atoms with Crippen molar-refractivity contribution in [1.82, 2.24) is 14.5 Å². The lowest BCUT2D eigenvalue weighted by Gasteiger charge is -2.27. The number of fused-ring (bicyclic) bond motifs is 1. The zero-order chi connectivity index (χ0) is 14.0. The molecule has 1 aromatic rings. The minimum atomic E-state index is -1.06. The van der Waals surface area contributed by atoms with Gasteiger partial charge in [0.05, 0.1) is 13.2 Å². The number of hydrogen-bond donors (Lipinski definition) is 1. The van der Waals surface area contributed by atoms with E-state index in [1.807, 2.05) is 13.8 Å². The summed E-state index contributed by atoms with van der Waals surface area (Å²) in [6.45, 7) is 5.63. The van der Waals surface area contributed by atoms with Crippen molar-refractivity contribution in [3.05, 3.63) is 17.7 Å². The molecule has 1 aliphatic heterocycles. The molecule has 7 heteroatoms. The molecule has 0 radical (unpaired) electrons. The standard InChI is InChI=1S/C12H17N3O4/c1-8(2)7-19-12(18)15-4-3-14-5-9(11(16)17)13-10(14)6-15/h5,8H,3-4,6-7H2,1-2H3,(H,16,17). The van der Waals surface area contributed by atoms with E-state index in [0.717, 1.165) is 0 Å². The van der Waals surface area contributed by atoms with E-state index < -0.39 is 5.97 Å². The van der Waals surface area contributed by atoms with Crippen molar-refractivity contribution < 1.29 is 19.4 Å². The van der Waals surface area contributed by atoms with Gasteiger partial charge in [0.1, 0.15) is 5.82 Å². The maximum Gasteiger partial charge on any atom is 0.410 e. The van der Waals surface area contributed by atoms with Crippen LogP contribution in [0.1, 0.15) is 30.2 Å². The number of carbonyl (C=O) groups excluding carboxylic acids is 1. The summed E-state index contributed by atoms with van der Waals surface area (Å²) in [6, 6.07) is 0. The van der Waals surface area contributed by atoms with Crippen LogP contribution in [0.2, 0.25) is 0 Å². The molecule has 104 valence electrons. The number of imidazole rings is 1. The molecule has 0 aromatic carbocycles. The third-order valence-corrected chi connectivity index (χ3v) is 2.82. The first-order valence-corrected chi connectivity index (χ1v) is 6.18. The Morgan fingerprint density at radius 1 is 1.47 bits per heavy atom. The Kier molecular flexibility index (Phi) is 3.73. The Bertz CT molecular complexity index is 495. The Hall–Kier alpha value is -2.05. The largest absolute Gasteiger partial charge is 0.476 e. The van der Waals surface area contributed by atoms with E-state index in [9.17, 15) is 9.59 Å². The van der Waals surface area contributed by atoms with Gasteiger partial charge in [0.2, 0.25) is 0 Å². The number of carboxylic acids is 1. The van der Waals surface area contributed by atoms with Gasteiger partial charge in [-0.15, -0.1) is 0 Å². The summed E-state index contributed by atoms with van der Waals surface area (Å²) < 4.78 is 6.91. The van der Waals surface area contributed by atoms with Gasteiger partial charge < -0.3 is 14.4 Å². The van der Waals surface area contributed by atoms with E-state index in [1.165, 1.54) is 11.1 Å². The second-order valence-corrected chi connectivity index (χ2v) is 4.93. The molecule has 19 heavy (non-hydrogen) atoms. The summed E-state index contributed by atoms with van der Waals surface area (Å²) in [5, 5.41) is 8.87. The maximum absolute atomic E-state index is 11.8. The number of aromatic carboxylic acids is 1. The minimum Gasteiger partial charge on any atom is -0.476 e. The summed E-state index contributed by atoms with van der Waals surface area (Å²) in [5.74, 6) is -0.199. The molecule has 1 aliphatic rings. The van der Waals surface area contributed by atoms with Crippen LogP contribution in [0.25, 0.3) is 0 Å². The third kappa shape index (κ3) is 3.04. The summed E-state index contributed by atoms with van der Waals surface area (Å²) in [6.07, 6.45) is 1.12. The highest BCUT2D eigenvalue weighted by Gasteiger charge is 2.24. The number of carbonyl (C=O) groups is 2. The van der Waals surface area contributed by atoms with Crippen LogP contribution >= 0.6 is 0 Å². The van der Waals surface area contributed by atoms with Gasteiger partial charge in [-0.3, -0.25) is 4.90 Å². The van der Waals surface area contributed by atoms with E-state index in [4.69, 9.17) is 9.84 Å². The molecule has 7 nitrogen and oxygen atoms in total. The van der Waals surface area contributed by atoms with Gasteiger partial charge in [0, 0.05) is 19.3 Å². The van der Waals surface area contributed by atoms with Crippen molar-refractivity contribution in [2.45, 2.75) is 26.9 Å². The van der Waals surface area contributed by atoms with Crippen LogP contribution in [-0.2, 0) is 17.8 Å². The fourth-order valence-electron chi connectivity index (χ4n) is 1.84. The van der Waals surface area contributed by atoms with E-state index in [0.29, 0.717) is 25.5 Å². The number of nitrogens with zero attached hydrogens (tertiary/aromatic N) is 3. The first-order valence-electron chi connectivity index (χ1n) is 6.18. The summed E-state index contributed by atoms with van der Waals surface area (Å²) in [5.41, 5.74) is 0.00685. The molecule has 1 aromatic heterocycles. The molecule has 0 fully saturated rings. The lowest BCUT2D eigenvalue weighted by atomic mass is 10.2. The van der Waals surface area contributed by atoms with Crippen LogP contribution < -0.4 is 0 Å². The number of rotatable bonds is 3. The molecule has 0 saturated heterocycles. The molecule has 0 aliphatic carbocycles. The average Bonchev–Trinajstić information content (AvgIpc) is 2.78. The van der Waals surface area contributed by atoms with Gasteiger partial charge in [-0.1, -0.05) is 13.8 Å². The van der Waals surface area contributed by atoms with Crippen molar-refractivity contribution in [2.24, 2.45) is 5.92 Å². The number of hydrogen-bond acceptors (Lipinski definition) is 4. The van der Waals surface area contributed by atoms with Crippen LogP contribution in [0, 0.1) is 5.92 Å². The lowest BCUT2D eigenvalue weighted by molar-refractivity contribution is 0.0690. The number of carboxylic acid groups (broad SMARTS) is 1. The van der Waals surface area contributed by atoms with Gasteiger partial charge in [0.25, 0.3) is 0 Å². The predicted octanol–water partition coefficient (Wildman–Crippen LogP) is 1.19. The summed E-state index contributed by atoms with van der Waals surface area (Å²) in [4.78, 5) is 28.2. The fraction of sp³-hybridized carbons (Fsp3) is 0.583. The van der Waals surface area contributed by atoms with E-state index in [-0.39, 0.29) is 24.2 Å². The topological polar surface area (TPSA) is 84.7 Å². The first kappa shape index (κ1) is 13.4. The SMILES string of the molecule is CC(C)COC(=O)N1CCn2cc(C(=O)O)nc2C1. The van der Waals surface area contributed by atoms with Crippen molar-refractivity contribution in [2.75, 3.05) is 13.2 Å². The van der Waals surface area contributed by atoms with Gasteiger partial charge in [-0.2, -0.15) is 0 Å². The molecule has 0 saturated carbocycles. The molecule has 0 atom stereocenters. The van der Waals surface area contributed by atoms with Gasteiger partial charge in [0.15, 0.2) is 5.69 Å². The Balaban J connectivity index is 2.01. The predicted molar refractivity (Wildman–Crippen MR) is 65.8 cm³/mol. The lowest BCUT2D eigenvalue weighted by Crippen LogP contribution is -2.39. The molecular weight excluding hydrogens is 250 g/mol. The van der Waals surface area contributed by atoms with Crippen LogP contribution in [0.4, 0.5) is 4.79 Å². The first-order chi connectivity index (χ1) is 8.97. The number of aromatic nitrogens is 2. The van der Waals surface area contributed by atoms with Gasteiger partial charge in [-0.05, 0) is 5.92 Å². The Morgan fingerprint density at radius 2 is 2.21 bits per heavy atom. The highest BCUT2D eigenvalue weighted by molar-refractivity contribution is 5.85. The average molecular weight is 267 g/mol. The molecule has 2 heterocycles. The zero-order valence-electron chi connectivity index (χ0n) is 11.0. The monoisotopic (exact) mass is 267 g/mol. The smallest absolute Gasteiger partial charge is 0.410 e. The fourth-order valence-corrected chi connectivity index (χ4v) is 1.84. The van der Waals surface area contributed by atoms with Crippen molar-refractivity contribution >= 4 is 12.1 Å². The quantitative estimate of drug-likeness (QED) is 0.889. The van der Waals surface area contributed by atoms with Crippen LogP contribution in [0.5, 0.6) is 0 Å². The van der Waals surface area contributed by atoms with Gasteiger partial charge >= 0.3 is 12.1 Å². The van der Waals surface area contributed by atoms with Crippen molar-refractivity contribution in [3.8, 4) is 0 Å². The number of ether oxygens (including phenoxy) is 1. The highest BCUT2D eigenvalue weighted by atomic mass is 16.6. The van der Waals surface area contributed by atoms with E-state index >= 15 is 0 Å². The van der Waals surface area contributed by atoms with Crippen molar-refractivity contribution in [3.63, 3.8) is 0 Å². The van der Waals surface area contributed by atoms with Crippen LogP contribution in [0.15, 0.2) is 6.20 Å². The number of amides is 1.